The van der Waals surface area contributed by atoms with Crippen molar-refractivity contribution in [2.24, 2.45) is 5.92 Å². The molecule has 0 bridgehead atoms. The number of hydrogen-bond acceptors (Lipinski definition) is 4. The quantitative estimate of drug-likeness (QED) is 0.773. The predicted octanol–water partition coefficient (Wildman–Crippen LogP) is 0.676. The van der Waals surface area contributed by atoms with E-state index in [1.807, 2.05) is 30.3 Å². The number of sulfonamides is 1. The van der Waals surface area contributed by atoms with Crippen molar-refractivity contribution in [3.05, 3.63) is 30.3 Å². The third-order valence-electron chi connectivity index (χ3n) is 5.40. The molecule has 140 valence electrons. The highest BCUT2D eigenvalue weighted by atomic mass is 32.2. The molecule has 7 nitrogen and oxygen atoms in total. The molecule has 1 saturated carbocycles. The zero-order chi connectivity index (χ0) is 18.3. The van der Waals surface area contributed by atoms with Crippen LogP contribution in [0, 0.1) is 5.92 Å². The molecule has 0 N–H and O–H groups in total. The van der Waals surface area contributed by atoms with Crippen LogP contribution in [-0.4, -0.2) is 67.4 Å². The molecule has 0 aromatic heterocycles. The molecule has 3 fully saturated rings. The first-order chi connectivity index (χ1) is 12.5. The second-order valence-electron chi connectivity index (χ2n) is 7.21. The summed E-state index contributed by atoms with van der Waals surface area (Å²) in [5, 5.41) is -0.211. The SMILES string of the molecule is O=C(C1CC(=O)N(c2ccccc2)C1)N1CCN(S(=O)(=O)C2CC2)CC1. The van der Waals surface area contributed by atoms with E-state index in [2.05, 4.69) is 0 Å². The number of hydrogen-bond donors (Lipinski definition) is 0. The van der Waals surface area contributed by atoms with Gasteiger partial charge in [-0.05, 0) is 25.0 Å². The minimum atomic E-state index is -3.18. The molecule has 2 heterocycles. The maximum atomic E-state index is 12.8. The van der Waals surface area contributed by atoms with Crippen LogP contribution in [0.3, 0.4) is 0 Å². The van der Waals surface area contributed by atoms with E-state index in [-0.39, 0.29) is 29.4 Å². The van der Waals surface area contributed by atoms with E-state index in [0.29, 0.717) is 32.7 Å². The Balaban J connectivity index is 1.36. The second-order valence-corrected chi connectivity index (χ2v) is 9.42. The summed E-state index contributed by atoms with van der Waals surface area (Å²) < 4.78 is 26.1. The number of carbonyl (C=O) groups is 2. The van der Waals surface area contributed by atoms with Crippen LogP contribution in [-0.2, 0) is 19.6 Å². The summed E-state index contributed by atoms with van der Waals surface area (Å²) in [4.78, 5) is 28.5. The molecule has 1 atom stereocenters. The summed E-state index contributed by atoms with van der Waals surface area (Å²) in [6, 6.07) is 9.37. The van der Waals surface area contributed by atoms with E-state index in [1.165, 1.54) is 4.31 Å². The Morgan fingerprint density at radius 1 is 1.00 bits per heavy atom. The van der Waals surface area contributed by atoms with Crippen LogP contribution in [0.1, 0.15) is 19.3 Å². The number of nitrogens with zero attached hydrogens (tertiary/aromatic N) is 3. The lowest BCUT2D eigenvalue weighted by Gasteiger charge is -2.35. The van der Waals surface area contributed by atoms with Crippen molar-refractivity contribution in [3.8, 4) is 0 Å². The number of piperazine rings is 1. The molecule has 1 aromatic carbocycles. The lowest BCUT2D eigenvalue weighted by atomic mass is 10.1. The fourth-order valence-corrected chi connectivity index (χ4v) is 5.55. The van der Waals surface area contributed by atoms with Crippen LogP contribution in [0.25, 0.3) is 0 Å². The summed E-state index contributed by atoms with van der Waals surface area (Å²) in [6.07, 6.45) is 1.72. The Morgan fingerprint density at radius 3 is 2.27 bits per heavy atom. The average molecular weight is 377 g/mol. The molecule has 1 aliphatic carbocycles. The van der Waals surface area contributed by atoms with Gasteiger partial charge >= 0.3 is 0 Å². The number of benzene rings is 1. The molecule has 3 aliphatic rings. The van der Waals surface area contributed by atoms with E-state index in [9.17, 15) is 18.0 Å². The molecule has 0 spiro atoms. The number of para-hydroxylation sites is 1. The second kappa shape index (κ2) is 6.66. The maximum absolute atomic E-state index is 12.8. The first-order valence-electron chi connectivity index (χ1n) is 9.10. The summed E-state index contributed by atoms with van der Waals surface area (Å²) in [7, 11) is -3.18. The van der Waals surface area contributed by atoms with Gasteiger partial charge in [-0.25, -0.2) is 8.42 Å². The lowest BCUT2D eigenvalue weighted by molar-refractivity contribution is -0.136. The number of anilines is 1. The van der Waals surface area contributed by atoms with Gasteiger partial charge in [-0.15, -0.1) is 0 Å². The smallest absolute Gasteiger partial charge is 0.228 e. The number of amides is 2. The van der Waals surface area contributed by atoms with Crippen LogP contribution in [0.2, 0.25) is 0 Å². The molecule has 2 aliphatic heterocycles. The average Bonchev–Trinajstić information content (AvgIpc) is 3.45. The van der Waals surface area contributed by atoms with Gasteiger partial charge in [0.05, 0.1) is 11.2 Å². The van der Waals surface area contributed by atoms with Crippen molar-refractivity contribution < 1.29 is 18.0 Å². The minimum absolute atomic E-state index is 0.0375. The maximum Gasteiger partial charge on any atom is 0.228 e. The van der Waals surface area contributed by atoms with Crippen molar-refractivity contribution in [3.63, 3.8) is 0 Å². The van der Waals surface area contributed by atoms with Gasteiger partial charge < -0.3 is 9.80 Å². The summed E-state index contributed by atoms with van der Waals surface area (Å²) in [5.74, 6) is -0.431. The Bertz CT molecular complexity index is 799. The monoisotopic (exact) mass is 377 g/mol. The highest BCUT2D eigenvalue weighted by Gasteiger charge is 2.43. The number of rotatable bonds is 4. The van der Waals surface area contributed by atoms with E-state index in [1.54, 1.807) is 9.80 Å². The highest BCUT2D eigenvalue weighted by molar-refractivity contribution is 7.90. The van der Waals surface area contributed by atoms with Crippen molar-refractivity contribution >= 4 is 27.5 Å². The van der Waals surface area contributed by atoms with E-state index >= 15 is 0 Å². The first kappa shape index (κ1) is 17.5. The largest absolute Gasteiger partial charge is 0.340 e. The van der Waals surface area contributed by atoms with Crippen LogP contribution in [0.4, 0.5) is 5.69 Å². The van der Waals surface area contributed by atoms with Gasteiger partial charge in [-0.1, -0.05) is 18.2 Å². The Labute approximate surface area is 153 Å². The summed E-state index contributed by atoms with van der Waals surface area (Å²) in [5.41, 5.74) is 0.813. The molecular weight excluding hydrogens is 354 g/mol. The topological polar surface area (TPSA) is 78.0 Å². The molecular formula is C18H23N3O4S. The van der Waals surface area contributed by atoms with Crippen molar-refractivity contribution in [2.45, 2.75) is 24.5 Å². The van der Waals surface area contributed by atoms with Gasteiger partial charge in [0.2, 0.25) is 21.8 Å². The molecule has 2 saturated heterocycles. The van der Waals surface area contributed by atoms with Gasteiger partial charge in [-0.3, -0.25) is 9.59 Å². The minimum Gasteiger partial charge on any atom is -0.340 e. The van der Waals surface area contributed by atoms with Gasteiger partial charge in [0.15, 0.2) is 0 Å². The van der Waals surface area contributed by atoms with Gasteiger partial charge in [-0.2, -0.15) is 4.31 Å². The first-order valence-corrected chi connectivity index (χ1v) is 10.6. The van der Waals surface area contributed by atoms with Gasteiger partial charge in [0.1, 0.15) is 0 Å². The fraction of sp³-hybridized carbons (Fsp3) is 0.556. The van der Waals surface area contributed by atoms with E-state index < -0.39 is 10.0 Å². The highest BCUT2D eigenvalue weighted by Crippen LogP contribution is 2.32. The molecule has 0 radical (unpaired) electrons. The number of carbonyl (C=O) groups excluding carboxylic acids is 2. The zero-order valence-corrected chi connectivity index (χ0v) is 15.4. The van der Waals surface area contributed by atoms with Crippen molar-refractivity contribution in [1.82, 2.24) is 9.21 Å². The molecule has 8 heteroatoms. The normalized spacial score (nSPS) is 24.9. The third-order valence-corrected chi connectivity index (χ3v) is 7.80. The summed E-state index contributed by atoms with van der Waals surface area (Å²) >= 11 is 0. The van der Waals surface area contributed by atoms with Crippen LogP contribution < -0.4 is 4.90 Å². The third kappa shape index (κ3) is 3.23. The summed E-state index contributed by atoms with van der Waals surface area (Å²) in [6.45, 7) is 1.91. The standard InChI is InChI=1S/C18H23N3O4S/c22-17-12-14(13-21(17)15-4-2-1-3-5-15)18(23)19-8-10-20(11-9-19)26(24,25)16-6-7-16/h1-5,14,16H,6-13H2. The van der Waals surface area contributed by atoms with E-state index in [4.69, 9.17) is 0 Å². The molecule has 2 amide bonds. The molecule has 26 heavy (non-hydrogen) atoms. The predicted molar refractivity (Wildman–Crippen MR) is 97.0 cm³/mol. The molecule has 1 unspecified atom stereocenters. The Hall–Kier alpha value is -1.93. The van der Waals surface area contributed by atoms with E-state index in [0.717, 1.165) is 18.5 Å². The van der Waals surface area contributed by atoms with Crippen LogP contribution in [0.5, 0.6) is 0 Å². The van der Waals surface area contributed by atoms with Crippen LogP contribution in [0.15, 0.2) is 30.3 Å². The fourth-order valence-electron chi connectivity index (χ4n) is 3.73. The molecule has 1 aromatic rings. The lowest BCUT2D eigenvalue weighted by Crippen LogP contribution is -2.52. The van der Waals surface area contributed by atoms with Crippen LogP contribution >= 0.6 is 0 Å². The van der Waals surface area contributed by atoms with Crippen molar-refractivity contribution in [2.75, 3.05) is 37.6 Å². The van der Waals surface area contributed by atoms with Gasteiger partial charge in [0, 0.05) is 44.8 Å². The Kier molecular flexibility index (Phi) is 4.48. The zero-order valence-electron chi connectivity index (χ0n) is 14.6. The Morgan fingerprint density at radius 2 is 1.65 bits per heavy atom. The molecule has 4 rings (SSSR count). The van der Waals surface area contributed by atoms with Gasteiger partial charge in [0.25, 0.3) is 0 Å². The van der Waals surface area contributed by atoms with Crippen molar-refractivity contribution in [1.29, 1.82) is 0 Å².